The van der Waals surface area contributed by atoms with Crippen molar-refractivity contribution >= 4 is 33.4 Å². The van der Waals surface area contributed by atoms with Crippen LogP contribution in [-0.4, -0.2) is 28.8 Å². The first kappa shape index (κ1) is 15.0. The van der Waals surface area contributed by atoms with Crippen molar-refractivity contribution in [2.45, 2.75) is 45.2 Å². The maximum Gasteiger partial charge on any atom is 0.313 e. The monoisotopic (exact) mass is 338 g/mol. The van der Waals surface area contributed by atoms with E-state index >= 15 is 0 Å². The SMILES string of the molecule is CC1CCCC(C)N1C(=O)C(=O)Nc1ccc(Br)cc1. The van der Waals surface area contributed by atoms with Crippen molar-refractivity contribution in [2.24, 2.45) is 0 Å². The molecule has 1 aromatic carbocycles. The van der Waals surface area contributed by atoms with Gasteiger partial charge in [0.15, 0.2) is 0 Å². The Morgan fingerprint density at radius 3 is 2.25 bits per heavy atom. The van der Waals surface area contributed by atoms with E-state index in [1.54, 1.807) is 17.0 Å². The van der Waals surface area contributed by atoms with Crippen LogP contribution in [0.3, 0.4) is 0 Å². The number of piperidine rings is 1. The lowest BCUT2D eigenvalue weighted by Crippen LogP contribution is -2.51. The van der Waals surface area contributed by atoms with E-state index in [9.17, 15) is 9.59 Å². The highest BCUT2D eigenvalue weighted by Gasteiger charge is 2.32. The fraction of sp³-hybridized carbons (Fsp3) is 0.467. The molecule has 1 saturated heterocycles. The van der Waals surface area contributed by atoms with E-state index < -0.39 is 11.8 Å². The quantitative estimate of drug-likeness (QED) is 0.799. The molecule has 1 aliphatic heterocycles. The van der Waals surface area contributed by atoms with Crippen molar-refractivity contribution in [2.75, 3.05) is 5.32 Å². The number of halogens is 1. The van der Waals surface area contributed by atoms with Crippen LogP contribution in [0.15, 0.2) is 28.7 Å². The average Bonchev–Trinajstić information content (AvgIpc) is 2.41. The number of nitrogens with one attached hydrogen (secondary N) is 1. The van der Waals surface area contributed by atoms with Crippen LogP contribution in [0, 0.1) is 0 Å². The predicted molar refractivity (Wildman–Crippen MR) is 82.4 cm³/mol. The van der Waals surface area contributed by atoms with Crippen LogP contribution in [0.5, 0.6) is 0 Å². The molecule has 2 rings (SSSR count). The van der Waals surface area contributed by atoms with E-state index in [1.807, 2.05) is 26.0 Å². The Kier molecular flexibility index (Phi) is 4.81. The van der Waals surface area contributed by atoms with Gasteiger partial charge in [-0.3, -0.25) is 9.59 Å². The summed E-state index contributed by atoms with van der Waals surface area (Å²) in [6.45, 7) is 4.00. The molecule has 1 fully saturated rings. The number of nitrogens with zero attached hydrogens (tertiary/aromatic N) is 1. The molecule has 2 unspecified atom stereocenters. The second-order valence-electron chi connectivity index (χ2n) is 5.30. The Hall–Kier alpha value is -1.36. The minimum atomic E-state index is -0.562. The van der Waals surface area contributed by atoms with Gasteiger partial charge < -0.3 is 10.2 Å². The molecule has 0 aliphatic carbocycles. The van der Waals surface area contributed by atoms with E-state index in [0.717, 1.165) is 23.7 Å². The zero-order chi connectivity index (χ0) is 14.7. The molecule has 1 aromatic rings. The smallest absolute Gasteiger partial charge is 0.313 e. The first-order valence-electron chi connectivity index (χ1n) is 6.88. The van der Waals surface area contributed by atoms with Crippen LogP contribution >= 0.6 is 15.9 Å². The normalized spacial score (nSPS) is 22.4. The summed E-state index contributed by atoms with van der Waals surface area (Å²) in [5.41, 5.74) is 0.629. The van der Waals surface area contributed by atoms with Gasteiger partial charge in [0.1, 0.15) is 0 Å². The largest absolute Gasteiger partial charge is 0.329 e. The molecule has 2 atom stereocenters. The predicted octanol–water partition coefficient (Wildman–Crippen LogP) is 3.18. The number of carbonyl (C=O) groups excluding carboxylic acids is 2. The average molecular weight is 339 g/mol. The first-order valence-corrected chi connectivity index (χ1v) is 7.67. The van der Waals surface area contributed by atoms with Crippen LogP contribution in [0.4, 0.5) is 5.69 Å². The molecule has 1 N–H and O–H groups in total. The molecular formula is C15H19BrN2O2. The van der Waals surface area contributed by atoms with E-state index in [4.69, 9.17) is 0 Å². The number of benzene rings is 1. The number of carbonyl (C=O) groups is 2. The lowest BCUT2D eigenvalue weighted by atomic mass is 9.97. The van der Waals surface area contributed by atoms with Gasteiger partial charge in [-0.15, -0.1) is 0 Å². The highest BCUT2D eigenvalue weighted by Crippen LogP contribution is 2.23. The Morgan fingerprint density at radius 1 is 1.15 bits per heavy atom. The maximum atomic E-state index is 12.3. The topological polar surface area (TPSA) is 49.4 Å². The molecule has 0 spiro atoms. The standard InChI is InChI=1S/C15H19BrN2O2/c1-10-4-3-5-11(2)18(10)15(20)14(19)17-13-8-6-12(16)7-9-13/h6-11H,3-5H2,1-2H3,(H,17,19). The van der Waals surface area contributed by atoms with Gasteiger partial charge in [0, 0.05) is 22.2 Å². The molecule has 108 valence electrons. The van der Waals surface area contributed by atoms with Gasteiger partial charge in [-0.2, -0.15) is 0 Å². The van der Waals surface area contributed by atoms with Crippen molar-refractivity contribution in [1.82, 2.24) is 4.90 Å². The number of hydrogen-bond acceptors (Lipinski definition) is 2. The molecule has 0 aromatic heterocycles. The number of rotatable bonds is 1. The summed E-state index contributed by atoms with van der Waals surface area (Å²) in [4.78, 5) is 26.1. The molecule has 1 aliphatic rings. The van der Waals surface area contributed by atoms with Gasteiger partial charge in [-0.05, 0) is 57.4 Å². The van der Waals surface area contributed by atoms with E-state index in [-0.39, 0.29) is 12.1 Å². The highest BCUT2D eigenvalue weighted by molar-refractivity contribution is 9.10. The second-order valence-corrected chi connectivity index (χ2v) is 6.22. The lowest BCUT2D eigenvalue weighted by Gasteiger charge is -2.38. The lowest BCUT2D eigenvalue weighted by molar-refractivity contribution is -0.147. The van der Waals surface area contributed by atoms with Gasteiger partial charge in [0.05, 0.1) is 0 Å². The molecule has 0 bridgehead atoms. The third-order valence-electron chi connectivity index (χ3n) is 3.72. The highest BCUT2D eigenvalue weighted by atomic mass is 79.9. The number of likely N-dealkylation sites (tertiary alicyclic amines) is 1. The third kappa shape index (κ3) is 3.39. The Balaban J connectivity index is 2.04. The van der Waals surface area contributed by atoms with E-state index in [0.29, 0.717) is 5.69 Å². The fourth-order valence-electron chi connectivity index (χ4n) is 2.66. The Bertz CT molecular complexity index is 491. The summed E-state index contributed by atoms with van der Waals surface area (Å²) >= 11 is 3.33. The summed E-state index contributed by atoms with van der Waals surface area (Å²) in [7, 11) is 0. The Morgan fingerprint density at radius 2 is 1.70 bits per heavy atom. The van der Waals surface area contributed by atoms with Crippen molar-refractivity contribution in [3.05, 3.63) is 28.7 Å². The second kappa shape index (κ2) is 6.39. The summed E-state index contributed by atoms with van der Waals surface area (Å²) < 4.78 is 0.931. The van der Waals surface area contributed by atoms with Crippen molar-refractivity contribution in [3.8, 4) is 0 Å². The van der Waals surface area contributed by atoms with Crippen LogP contribution in [0.1, 0.15) is 33.1 Å². The van der Waals surface area contributed by atoms with Gasteiger partial charge in [0.25, 0.3) is 0 Å². The van der Waals surface area contributed by atoms with Crippen LogP contribution < -0.4 is 5.32 Å². The molecule has 20 heavy (non-hydrogen) atoms. The molecule has 4 nitrogen and oxygen atoms in total. The summed E-state index contributed by atoms with van der Waals surface area (Å²) in [5, 5.41) is 2.66. The summed E-state index contributed by atoms with van der Waals surface area (Å²) in [6.07, 6.45) is 3.03. The summed E-state index contributed by atoms with van der Waals surface area (Å²) in [5.74, 6) is -0.999. The third-order valence-corrected chi connectivity index (χ3v) is 4.25. The van der Waals surface area contributed by atoms with Gasteiger partial charge in [-0.25, -0.2) is 0 Å². The zero-order valence-electron chi connectivity index (χ0n) is 11.7. The molecule has 5 heteroatoms. The zero-order valence-corrected chi connectivity index (χ0v) is 13.3. The number of amides is 2. The number of anilines is 1. The van der Waals surface area contributed by atoms with E-state index in [1.165, 1.54) is 0 Å². The molecule has 1 heterocycles. The van der Waals surface area contributed by atoms with Gasteiger partial charge in [0.2, 0.25) is 0 Å². The Labute approximate surface area is 127 Å². The molecule has 2 amide bonds. The fourth-order valence-corrected chi connectivity index (χ4v) is 2.92. The van der Waals surface area contributed by atoms with Crippen LogP contribution in [0.25, 0.3) is 0 Å². The van der Waals surface area contributed by atoms with Crippen molar-refractivity contribution in [3.63, 3.8) is 0 Å². The number of hydrogen-bond donors (Lipinski definition) is 1. The molecular weight excluding hydrogens is 320 g/mol. The summed E-state index contributed by atoms with van der Waals surface area (Å²) in [6, 6.07) is 7.43. The minimum absolute atomic E-state index is 0.127. The van der Waals surface area contributed by atoms with Crippen LogP contribution in [-0.2, 0) is 9.59 Å². The van der Waals surface area contributed by atoms with Crippen molar-refractivity contribution in [1.29, 1.82) is 0 Å². The van der Waals surface area contributed by atoms with Gasteiger partial charge in [-0.1, -0.05) is 15.9 Å². The van der Waals surface area contributed by atoms with Crippen LogP contribution in [0.2, 0.25) is 0 Å². The van der Waals surface area contributed by atoms with Crippen molar-refractivity contribution < 1.29 is 9.59 Å². The molecule has 0 saturated carbocycles. The minimum Gasteiger partial charge on any atom is -0.329 e. The maximum absolute atomic E-state index is 12.3. The molecule has 0 radical (unpaired) electrons. The van der Waals surface area contributed by atoms with Gasteiger partial charge >= 0.3 is 11.8 Å². The first-order chi connectivity index (χ1) is 9.49. The van der Waals surface area contributed by atoms with E-state index in [2.05, 4.69) is 21.2 Å².